The Bertz CT molecular complexity index is 594. The van der Waals surface area contributed by atoms with E-state index < -0.39 is 5.97 Å². The van der Waals surface area contributed by atoms with Crippen LogP contribution in [0, 0.1) is 0 Å². The largest absolute Gasteiger partial charge is 0.489 e. The molecule has 0 radical (unpaired) electrons. The Kier molecular flexibility index (Phi) is 3.96. The molecule has 0 spiro atoms. The lowest BCUT2D eigenvalue weighted by atomic mass is 10.2. The zero-order valence-corrected chi connectivity index (χ0v) is 10.8. The fourth-order valence-corrected chi connectivity index (χ4v) is 1.73. The summed E-state index contributed by atoms with van der Waals surface area (Å²) in [4.78, 5) is 15.3. The van der Waals surface area contributed by atoms with Gasteiger partial charge in [-0.15, -0.1) is 0 Å². The zero-order valence-electron chi connectivity index (χ0n) is 10.8. The second-order valence-corrected chi connectivity index (χ2v) is 3.86. The monoisotopic (exact) mass is 265 g/mol. The number of fused-ring (bicyclic) bond motifs is 1. The molecule has 0 aliphatic rings. The van der Waals surface area contributed by atoms with E-state index in [1.807, 2.05) is 6.92 Å². The molecule has 0 aliphatic heterocycles. The van der Waals surface area contributed by atoms with Crippen LogP contribution >= 0.6 is 0 Å². The van der Waals surface area contributed by atoms with Crippen LogP contribution in [0.3, 0.4) is 0 Å². The minimum Gasteiger partial charge on any atom is -0.489 e. The van der Waals surface area contributed by atoms with Crippen LogP contribution in [0.15, 0.2) is 12.4 Å². The number of carbonyl (C=O) groups is 1. The fourth-order valence-electron chi connectivity index (χ4n) is 1.73. The molecule has 7 nitrogen and oxygen atoms in total. The number of rotatable bonds is 6. The van der Waals surface area contributed by atoms with E-state index in [0.29, 0.717) is 24.2 Å². The van der Waals surface area contributed by atoms with Crippen LogP contribution in [-0.4, -0.2) is 45.7 Å². The van der Waals surface area contributed by atoms with Crippen LogP contribution in [-0.2, 0) is 11.8 Å². The molecule has 2 aromatic heterocycles. The number of aromatic nitrogens is 3. The number of hydrogen-bond donors (Lipinski definition) is 1. The second kappa shape index (κ2) is 5.66. The molecule has 1 N–H and O–H groups in total. The van der Waals surface area contributed by atoms with Gasteiger partial charge in [-0.1, -0.05) is 0 Å². The Morgan fingerprint density at radius 1 is 1.42 bits per heavy atom. The van der Waals surface area contributed by atoms with Crippen molar-refractivity contribution >= 4 is 17.0 Å². The second-order valence-electron chi connectivity index (χ2n) is 3.86. The first-order valence-corrected chi connectivity index (χ1v) is 5.89. The average molecular weight is 265 g/mol. The molecule has 0 amide bonds. The SMILES string of the molecule is CCOCCOc1c(C(=O)O)cnc2c1cnn2C. The van der Waals surface area contributed by atoms with Gasteiger partial charge in [0, 0.05) is 19.9 Å². The Balaban J connectivity index is 2.35. The lowest BCUT2D eigenvalue weighted by Gasteiger charge is -2.10. The van der Waals surface area contributed by atoms with Crippen molar-refractivity contribution in [3.8, 4) is 5.75 Å². The average Bonchev–Trinajstić information content (AvgIpc) is 2.76. The van der Waals surface area contributed by atoms with E-state index in [-0.39, 0.29) is 17.9 Å². The molecule has 2 heterocycles. The van der Waals surface area contributed by atoms with Crippen LogP contribution in [0.5, 0.6) is 5.75 Å². The number of carboxylic acid groups (broad SMARTS) is 1. The maximum Gasteiger partial charge on any atom is 0.341 e. The molecular weight excluding hydrogens is 250 g/mol. The van der Waals surface area contributed by atoms with Gasteiger partial charge in [-0.3, -0.25) is 4.68 Å². The van der Waals surface area contributed by atoms with Crippen LogP contribution in [0.25, 0.3) is 11.0 Å². The third-order valence-corrected chi connectivity index (χ3v) is 2.62. The fraction of sp³-hybridized carbons (Fsp3) is 0.417. The predicted molar refractivity (Wildman–Crippen MR) is 67.5 cm³/mol. The third-order valence-electron chi connectivity index (χ3n) is 2.62. The number of aryl methyl sites for hydroxylation is 1. The standard InChI is InChI=1S/C12H15N3O4/c1-3-18-4-5-19-10-8-7-14-15(2)11(8)13-6-9(10)12(16)17/h6-7H,3-5H2,1-2H3,(H,16,17). The predicted octanol–water partition coefficient (Wildman–Crippen LogP) is 1.08. The molecule has 2 aromatic rings. The molecule has 19 heavy (non-hydrogen) atoms. The summed E-state index contributed by atoms with van der Waals surface area (Å²) in [5, 5.41) is 13.8. The summed E-state index contributed by atoms with van der Waals surface area (Å²) < 4.78 is 12.3. The molecule has 0 aliphatic carbocycles. The van der Waals surface area contributed by atoms with Gasteiger partial charge >= 0.3 is 5.97 Å². The van der Waals surface area contributed by atoms with Gasteiger partial charge < -0.3 is 14.6 Å². The summed E-state index contributed by atoms with van der Waals surface area (Å²) in [5.41, 5.74) is 0.605. The number of hydrogen-bond acceptors (Lipinski definition) is 5. The molecule has 0 aromatic carbocycles. The van der Waals surface area contributed by atoms with Gasteiger partial charge in [-0.25, -0.2) is 9.78 Å². The highest BCUT2D eigenvalue weighted by molar-refractivity contribution is 5.97. The molecule has 102 valence electrons. The van der Waals surface area contributed by atoms with Crippen molar-refractivity contribution in [3.63, 3.8) is 0 Å². The smallest absolute Gasteiger partial charge is 0.341 e. The van der Waals surface area contributed by atoms with Crippen molar-refractivity contribution in [2.45, 2.75) is 6.92 Å². The van der Waals surface area contributed by atoms with Crippen LogP contribution in [0.1, 0.15) is 17.3 Å². The van der Waals surface area contributed by atoms with Crippen LogP contribution in [0.4, 0.5) is 0 Å². The van der Waals surface area contributed by atoms with E-state index in [9.17, 15) is 4.79 Å². The van der Waals surface area contributed by atoms with Crippen molar-refractivity contribution in [1.82, 2.24) is 14.8 Å². The highest BCUT2D eigenvalue weighted by atomic mass is 16.5. The van der Waals surface area contributed by atoms with Crippen LogP contribution < -0.4 is 4.74 Å². The number of aromatic carboxylic acids is 1. The molecule has 0 unspecified atom stereocenters. The van der Waals surface area contributed by atoms with Crippen LogP contribution in [0.2, 0.25) is 0 Å². The van der Waals surface area contributed by atoms with Gasteiger partial charge in [0.25, 0.3) is 0 Å². The van der Waals surface area contributed by atoms with Crippen molar-refractivity contribution in [2.24, 2.45) is 7.05 Å². The third kappa shape index (κ3) is 2.65. The minimum absolute atomic E-state index is 0.0250. The van der Waals surface area contributed by atoms with E-state index in [1.165, 1.54) is 6.20 Å². The number of pyridine rings is 1. The molecule has 0 bridgehead atoms. The molecular formula is C12H15N3O4. The topological polar surface area (TPSA) is 86.5 Å². The normalized spacial score (nSPS) is 10.8. The summed E-state index contributed by atoms with van der Waals surface area (Å²) in [6.07, 6.45) is 2.83. The molecule has 0 fully saturated rings. The number of ether oxygens (including phenoxy) is 2. The first kappa shape index (κ1) is 13.3. The van der Waals surface area contributed by atoms with Crippen molar-refractivity contribution in [3.05, 3.63) is 18.0 Å². The Morgan fingerprint density at radius 2 is 2.21 bits per heavy atom. The van der Waals surface area contributed by atoms with E-state index in [1.54, 1.807) is 17.9 Å². The number of carboxylic acids is 1. The maximum atomic E-state index is 11.2. The van der Waals surface area contributed by atoms with Gasteiger partial charge in [0.1, 0.15) is 17.9 Å². The molecule has 0 saturated carbocycles. The molecule has 7 heteroatoms. The zero-order chi connectivity index (χ0) is 13.8. The highest BCUT2D eigenvalue weighted by Crippen LogP contribution is 2.27. The molecule has 2 rings (SSSR count). The minimum atomic E-state index is -1.08. The lowest BCUT2D eigenvalue weighted by Crippen LogP contribution is -2.10. The summed E-state index contributed by atoms with van der Waals surface area (Å²) >= 11 is 0. The van der Waals surface area contributed by atoms with E-state index in [0.717, 1.165) is 0 Å². The first-order chi connectivity index (χ1) is 9.15. The molecule has 0 atom stereocenters. The van der Waals surface area contributed by atoms with Crippen molar-refractivity contribution in [1.29, 1.82) is 0 Å². The molecule has 0 saturated heterocycles. The van der Waals surface area contributed by atoms with Gasteiger partial charge in [-0.2, -0.15) is 5.10 Å². The Labute approximate surface area is 109 Å². The Morgan fingerprint density at radius 3 is 2.89 bits per heavy atom. The summed E-state index contributed by atoms with van der Waals surface area (Å²) in [5.74, 6) is -0.796. The van der Waals surface area contributed by atoms with Gasteiger partial charge in [0.05, 0.1) is 18.2 Å². The quantitative estimate of drug-likeness (QED) is 0.786. The number of nitrogens with zero attached hydrogens (tertiary/aromatic N) is 3. The van der Waals surface area contributed by atoms with E-state index >= 15 is 0 Å². The van der Waals surface area contributed by atoms with E-state index in [2.05, 4.69) is 10.1 Å². The lowest BCUT2D eigenvalue weighted by molar-refractivity contribution is 0.0687. The van der Waals surface area contributed by atoms with Gasteiger partial charge in [0.15, 0.2) is 5.65 Å². The van der Waals surface area contributed by atoms with Gasteiger partial charge in [-0.05, 0) is 6.92 Å². The van der Waals surface area contributed by atoms with Crippen molar-refractivity contribution in [2.75, 3.05) is 19.8 Å². The van der Waals surface area contributed by atoms with Gasteiger partial charge in [0.2, 0.25) is 0 Å². The first-order valence-electron chi connectivity index (χ1n) is 5.89. The summed E-state index contributed by atoms with van der Waals surface area (Å²) in [6, 6.07) is 0. The highest BCUT2D eigenvalue weighted by Gasteiger charge is 2.18. The maximum absolute atomic E-state index is 11.2. The van der Waals surface area contributed by atoms with Crippen molar-refractivity contribution < 1.29 is 19.4 Å². The Hall–Kier alpha value is -2.15. The summed E-state index contributed by atoms with van der Waals surface area (Å²) in [6.45, 7) is 3.16. The summed E-state index contributed by atoms with van der Waals surface area (Å²) in [7, 11) is 1.74. The van der Waals surface area contributed by atoms with E-state index in [4.69, 9.17) is 14.6 Å².